The van der Waals surface area contributed by atoms with Gasteiger partial charge in [-0.2, -0.15) is 0 Å². The van der Waals surface area contributed by atoms with Crippen molar-refractivity contribution in [1.29, 1.82) is 0 Å². The van der Waals surface area contributed by atoms with Crippen LogP contribution in [0.15, 0.2) is 0 Å². The fourth-order valence-corrected chi connectivity index (χ4v) is 0.998. The van der Waals surface area contributed by atoms with E-state index in [1.165, 1.54) is 0 Å². The molecule has 0 unspecified atom stereocenters. The van der Waals surface area contributed by atoms with Gasteiger partial charge in [-0.25, -0.2) is 0 Å². The summed E-state index contributed by atoms with van der Waals surface area (Å²) < 4.78 is 0.579. The van der Waals surface area contributed by atoms with Gasteiger partial charge in [0.2, 0.25) is 0 Å². The second-order valence-corrected chi connectivity index (χ2v) is 4.59. The molecule has 4 heteroatoms. The molecule has 67 valence electrons. The Morgan fingerprint density at radius 1 is 1.36 bits per heavy atom. The molecule has 0 saturated carbocycles. The summed E-state index contributed by atoms with van der Waals surface area (Å²) in [6.45, 7) is 5.95. The number of nitrogens with zero attached hydrogens (tertiary/aromatic N) is 1. The van der Waals surface area contributed by atoms with Crippen LogP contribution in [0, 0.1) is 0 Å². The van der Waals surface area contributed by atoms with E-state index in [0.717, 1.165) is 28.0 Å². The monoisotopic (exact) mass is 258 g/mol. The van der Waals surface area contributed by atoms with Crippen LogP contribution in [0.2, 0.25) is 11.6 Å². The summed E-state index contributed by atoms with van der Waals surface area (Å²) in [4.78, 5) is 1.96. The normalized spacial score (nSPS) is 8.00. The molecule has 0 rings (SSSR count). The maximum atomic E-state index is 4.76. The third-order valence-electron chi connectivity index (χ3n) is 1.02. The third kappa shape index (κ3) is 10.6. The predicted molar refractivity (Wildman–Crippen MR) is 60.4 cm³/mol. The second kappa shape index (κ2) is 10.6. The van der Waals surface area contributed by atoms with Gasteiger partial charge < -0.3 is 29.7 Å². The molecule has 0 N–H and O–H groups in total. The molecule has 0 fully saturated rings. The van der Waals surface area contributed by atoms with Gasteiger partial charge in [-0.05, 0) is 13.8 Å². The second-order valence-electron chi connectivity index (χ2n) is 1.85. The minimum atomic E-state index is 0.579. The Morgan fingerprint density at radius 3 is 1.64 bits per heavy atom. The molecule has 0 amide bonds. The molecular formula is C7H16NS2Se. The van der Waals surface area contributed by atoms with Gasteiger partial charge in [-0.3, -0.25) is 0 Å². The van der Waals surface area contributed by atoms with Gasteiger partial charge in [-0.15, -0.1) is 0 Å². The molecule has 1 nitrogen and oxygen atoms in total. The standard InChI is InChI=1S/C5H11NS2.C2H6Se/c1-3-6(4-2)5(7)8;1-3-2/h3-4H2,1-2H3,(H,7,8);1-2H3/q;+1/p-1. The van der Waals surface area contributed by atoms with E-state index < -0.39 is 0 Å². The Bertz CT molecular complexity index is 94.4. The van der Waals surface area contributed by atoms with Gasteiger partial charge in [0.05, 0.1) is 0 Å². The van der Waals surface area contributed by atoms with Gasteiger partial charge in [-0.1, -0.05) is 4.32 Å². The van der Waals surface area contributed by atoms with Crippen molar-refractivity contribution in [2.75, 3.05) is 13.1 Å². The zero-order valence-electron chi connectivity index (χ0n) is 7.59. The quantitative estimate of drug-likeness (QED) is 0.423. The molecule has 0 aliphatic carbocycles. The van der Waals surface area contributed by atoms with Crippen molar-refractivity contribution >= 4 is 44.1 Å². The van der Waals surface area contributed by atoms with Gasteiger partial charge >= 0.3 is 26.6 Å². The van der Waals surface area contributed by atoms with Crippen LogP contribution in [0.4, 0.5) is 0 Å². The maximum absolute atomic E-state index is 4.76. The van der Waals surface area contributed by atoms with Crippen molar-refractivity contribution in [1.82, 2.24) is 4.90 Å². The van der Waals surface area contributed by atoms with Crippen molar-refractivity contribution in [3.05, 3.63) is 0 Å². The summed E-state index contributed by atoms with van der Waals surface area (Å²) in [5.41, 5.74) is 0. The molecule has 0 aromatic rings. The molecule has 11 heavy (non-hydrogen) atoms. The number of hydrogen-bond acceptors (Lipinski definition) is 2. The van der Waals surface area contributed by atoms with Crippen molar-refractivity contribution in [3.8, 4) is 0 Å². The van der Waals surface area contributed by atoms with Crippen LogP contribution in [-0.4, -0.2) is 37.3 Å². The first kappa shape index (κ1) is 14.2. The van der Waals surface area contributed by atoms with Gasteiger partial charge in [0.25, 0.3) is 0 Å². The molecule has 1 radical (unpaired) electrons. The van der Waals surface area contributed by atoms with Gasteiger partial charge in [0.15, 0.2) is 0 Å². The number of thiocarbonyl (C=S) groups is 1. The Hall–Kier alpha value is 0.629. The zero-order chi connectivity index (χ0) is 9.28. The Morgan fingerprint density at radius 2 is 1.64 bits per heavy atom. The molecule has 0 spiro atoms. The summed E-state index contributed by atoms with van der Waals surface area (Å²) in [5, 5.41) is 0. The van der Waals surface area contributed by atoms with E-state index in [-0.39, 0.29) is 0 Å². The summed E-state index contributed by atoms with van der Waals surface area (Å²) in [6, 6.07) is 0. The average Bonchev–Trinajstić information content (AvgIpc) is 1.91. The van der Waals surface area contributed by atoms with Crippen LogP contribution in [-0.2, 0) is 12.6 Å². The first-order valence-electron chi connectivity index (χ1n) is 3.50. The fourth-order valence-electron chi connectivity index (χ4n) is 0.482. The van der Waals surface area contributed by atoms with Crippen LogP contribution in [0.25, 0.3) is 0 Å². The van der Waals surface area contributed by atoms with Gasteiger partial charge in [0, 0.05) is 13.1 Å². The topological polar surface area (TPSA) is 3.24 Å². The first-order valence-corrected chi connectivity index (χ1v) is 7.74. The molecular weight excluding hydrogens is 241 g/mol. The Kier molecular flexibility index (Phi) is 13.7. The third-order valence-corrected chi connectivity index (χ3v) is 1.54. The SMILES string of the molecule is CCN(CC)C(=S)[S-].C[Se+]C. The molecule has 0 aromatic heterocycles. The van der Waals surface area contributed by atoms with Crippen LogP contribution >= 0.6 is 12.2 Å². The van der Waals surface area contributed by atoms with Gasteiger partial charge in [0.1, 0.15) is 0 Å². The van der Waals surface area contributed by atoms with E-state index >= 15 is 0 Å². The van der Waals surface area contributed by atoms with E-state index in [2.05, 4.69) is 11.6 Å². The predicted octanol–water partition coefficient (Wildman–Crippen LogP) is 1.95. The summed E-state index contributed by atoms with van der Waals surface area (Å²) in [7, 11) is 0. The molecule has 0 aliphatic rings. The minimum absolute atomic E-state index is 0.579. The molecule has 0 aromatic carbocycles. The van der Waals surface area contributed by atoms with Crippen LogP contribution in [0.1, 0.15) is 13.8 Å². The molecule has 0 heterocycles. The van der Waals surface area contributed by atoms with E-state index in [1.54, 1.807) is 0 Å². The van der Waals surface area contributed by atoms with Crippen molar-refractivity contribution in [2.24, 2.45) is 0 Å². The number of rotatable bonds is 2. The Balaban J connectivity index is 0. The van der Waals surface area contributed by atoms with Crippen molar-refractivity contribution in [2.45, 2.75) is 25.5 Å². The summed E-state index contributed by atoms with van der Waals surface area (Å²) >= 11 is 10.4. The summed E-state index contributed by atoms with van der Waals surface area (Å²) in [6.07, 6.45) is 0. The number of hydrogen-bond donors (Lipinski definition) is 0. The fraction of sp³-hybridized carbons (Fsp3) is 0.857. The average molecular weight is 257 g/mol. The summed E-state index contributed by atoms with van der Waals surface area (Å²) in [5.74, 6) is 4.38. The first-order chi connectivity index (χ1) is 5.13. The van der Waals surface area contributed by atoms with E-state index in [1.807, 2.05) is 18.7 Å². The van der Waals surface area contributed by atoms with E-state index in [0.29, 0.717) is 4.32 Å². The van der Waals surface area contributed by atoms with Crippen LogP contribution in [0.5, 0.6) is 0 Å². The van der Waals surface area contributed by atoms with Crippen molar-refractivity contribution in [3.63, 3.8) is 0 Å². The van der Waals surface area contributed by atoms with E-state index in [4.69, 9.17) is 24.8 Å². The molecule has 0 atom stereocenters. The van der Waals surface area contributed by atoms with Crippen molar-refractivity contribution < 1.29 is 0 Å². The molecule has 0 aliphatic heterocycles. The molecule has 0 bridgehead atoms. The van der Waals surface area contributed by atoms with Crippen LogP contribution in [0.3, 0.4) is 0 Å². The Labute approximate surface area is 87.5 Å². The van der Waals surface area contributed by atoms with Crippen LogP contribution < -0.4 is 0 Å². The zero-order valence-corrected chi connectivity index (χ0v) is 10.9. The van der Waals surface area contributed by atoms with E-state index in [9.17, 15) is 0 Å². The molecule has 0 saturated heterocycles.